The summed E-state index contributed by atoms with van der Waals surface area (Å²) in [6.45, 7) is 0.394. The van der Waals surface area contributed by atoms with Crippen LogP contribution in [-0.4, -0.2) is 50.4 Å². The number of benzene rings is 2. The molecular weight excluding hydrogens is 374 g/mol. The Morgan fingerprint density at radius 2 is 1.62 bits per heavy atom. The predicted molar refractivity (Wildman–Crippen MR) is 108 cm³/mol. The number of hydrogen-bond donors (Lipinski definition) is 1. The fourth-order valence-electron chi connectivity index (χ4n) is 3.79. The van der Waals surface area contributed by atoms with Crippen LogP contribution >= 0.6 is 0 Å². The summed E-state index contributed by atoms with van der Waals surface area (Å²) in [5, 5.41) is 10.2. The number of nitrogens with zero attached hydrogens (tertiary/aromatic N) is 1. The van der Waals surface area contributed by atoms with E-state index < -0.39 is 0 Å². The van der Waals surface area contributed by atoms with E-state index in [2.05, 4.69) is 0 Å². The molecule has 1 aliphatic rings. The minimum atomic E-state index is -0.00932. The number of methoxy groups -OCH3 is 4. The first-order valence-corrected chi connectivity index (χ1v) is 9.45. The molecule has 29 heavy (non-hydrogen) atoms. The van der Waals surface area contributed by atoms with Gasteiger partial charge in [0.2, 0.25) is 11.7 Å². The van der Waals surface area contributed by atoms with Crippen molar-refractivity contribution in [2.75, 3.05) is 28.4 Å². The third kappa shape index (κ3) is 4.34. The van der Waals surface area contributed by atoms with Crippen molar-refractivity contribution < 1.29 is 28.8 Å². The average Bonchev–Trinajstić information content (AvgIpc) is 3.06. The molecule has 1 N–H and O–H groups in total. The molecule has 0 aromatic heterocycles. The van der Waals surface area contributed by atoms with Gasteiger partial charge >= 0.3 is 0 Å². The summed E-state index contributed by atoms with van der Waals surface area (Å²) in [5.74, 6) is 2.16. The van der Waals surface area contributed by atoms with E-state index in [1.165, 1.54) is 14.2 Å². The number of amides is 1. The minimum absolute atomic E-state index is 0.00932. The maximum absolute atomic E-state index is 12.5. The number of phenolic OH excluding ortho intramolecular Hbond substituents is 1. The second-order valence-corrected chi connectivity index (χ2v) is 6.96. The molecule has 0 unspecified atom stereocenters. The van der Waals surface area contributed by atoms with E-state index >= 15 is 0 Å². The van der Waals surface area contributed by atoms with Crippen LogP contribution in [0.4, 0.5) is 0 Å². The lowest BCUT2D eigenvalue weighted by molar-refractivity contribution is -0.129. The average molecular weight is 401 g/mol. The molecule has 1 heterocycles. The van der Waals surface area contributed by atoms with Crippen LogP contribution in [0.15, 0.2) is 30.3 Å². The van der Waals surface area contributed by atoms with Crippen LogP contribution < -0.4 is 18.9 Å². The van der Waals surface area contributed by atoms with Crippen LogP contribution in [0.2, 0.25) is 0 Å². The molecular formula is C22H27NO6. The van der Waals surface area contributed by atoms with Crippen LogP contribution in [0.1, 0.15) is 24.0 Å². The second-order valence-electron chi connectivity index (χ2n) is 6.96. The number of carbonyl (C=O) groups is 1. The van der Waals surface area contributed by atoms with E-state index in [0.29, 0.717) is 36.6 Å². The molecule has 2 aromatic carbocycles. The highest BCUT2D eigenvalue weighted by atomic mass is 16.5. The minimum Gasteiger partial charge on any atom is -0.504 e. The lowest BCUT2D eigenvalue weighted by Gasteiger charge is -2.26. The number of aromatic hydroxyl groups is 1. The Balaban J connectivity index is 1.80. The number of rotatable bonds is 8. The first-order chi connectivity index (χ1) is 14.0. The predicted octanol–water partition coefficient (Wildman–Crippen LogP) is 3.16. The van der Waals surface area contributed by atoms with E-state index in [1.54, 1.807) is 26.4 Å². The number of ether oxygens (including phenoxy) is 4. The summed E-state index contributed by atoms with van der Waals surface area (Å²) < 4.78 is 21.2. The lowest BCUT2D eigenvalue weighted by Crippen LogP contribution is -2.33. The van der Waals surface area contributed by atoms with Crippen LogP contribution in [-0.2, 0) is 17.8 Å². The molecule has 1 saturated heterocycles. The van der Waals surface area contributed by atoms with Gasteiger partial charge in [-0.1, -0.05) is 6.07 Å². The van der Waals surface area contributed by atoms with Crippen molar-refractivity contribution in [1.82, 2.24) is 4.90 Å². The molecule has 1 atom stereocenters. The van der Waals surface area contributed by atoms with Crippen molar-refractivity contribution in [1.29, 1.82) is 0 Å². The highest BCUT2D eigenvalue weighted by Gasteiger charge is 2.31. The van der Waals surface area contributed by atoms with E-state index in [0.717, 1.165) is 17.5 Å². The number of hydrogen-bond acceptors (Lipinski definition) is 6. The zero-order valence-corrected chi connectivity index (χ0v) is 17.2. The number of likely N-dealkylation sites (tertiary alicyclic amines) is 1. The Hall–Kier alpha value is -3.09. The summed E-state index contributed by atoms with van der Waals surface area (Å²) in [6, 6.07) is 9.28. The van der Waals surface area contributed by atoms with Gasteiger partial charge in [-0.25, -0.2) is 0 Å². The molecule has 0 spiro atoms. The molecule has 0 radical (unpaired) electrons. The van der Waals surface area contributed by atoms with Gasteiger partial charge in [-0.2, -0.15) is 0 Å². The van der Waals surface area contributed by atoms with Gasteiger partial charge < -0.3 is 29.0 Å². The quantitative estimate of drug-likeness (QED) is 0.732. The normalized spacial score (nSPS) is 16.1. The van der Waals surface area contributed by atoms with Gasteiger partial charge in [0.1, 0.15) is 0 Å². The third-order valence-corrected chi connectivity index (χ3v) is 5.24. The Morgan fingerprint density at radius 3 is 2.28 bits per heavy atom. The Bertz CT molecular complexity index is 882. The molecule has 7 nitrogen and oxygen atoms in total. The topological polar surface area (TPSA) is 77.5 Å². The Labute approximate surface area is 170 Å². The summed E-state index contributed by atoms with van der Waals surface area (Å²) in [5.41, 5.74) is 1.86. The SMILES string of the molecule is COc1ccc(C[C@@H]2CCC(=O)N2Cc2cc(O)c(OC)c(OC)c2)cc1OC. The number of carbonyl (C=O) groups excluding carboxylic acids is 1. The molecule has 3 rings (SSSR count). The first kappa shape index (κ1) is 20.6. The zero-order valence-electron chi connectivity index (χ0n) is 17.2. The highest BCUT2D eigenvalue weighted by Crippen LogP contribution is 2.38. The monoisotopic (exact) mass is 401 g/mol. The standard InChI is InChI=1S/C22H27NO6/c1-26-18-7-5-14(11-19(18)27-2)9-16-6-8-21(25)23(16)13-15-10-17(24)22(29-4)20(12-15)28-3/h5,7,10-12,16,24H,6,8-9,13H2,1-4H3/t16-/m0/s1. The molecule has 7 heteroatoms. The van der Waals surface area contributed by atoms with Crippen molar-refractivity contribution in [3.8, 4) is 28.7 Å². The van der Waals surface area contributed by atoms with Crippen LogP contribution in [0.3, 0.4) is 0 Å². The highest BCUT2D eigenvalue weighted by molar-refractivity contribution is 5.79. The van der Waals surface area contributed by atoms with Gasteiger partial charge in [-0.05, 0) is 48.2 Å². The molecule has 0 saturated carbocycles. The molecule has 2 aromatic rings. The van der Waals surface area contributed by atoms with Gasteiger partial charge in [0.05, 0.1) is 28.4 Å². The van der Waals surface area contributed by atoms with Crippen molar-refractivity contribution in [3.05, 3.63) is 41.5 Å². The molecule has 0 aliphatic carbocycles. The van der Waals surface area contributed by atoms with E-state index in [1.807, 2.05) is 23.1 Å². The molecule has 0 bridgehead atoms. The van der Waals surface area contributed by atoms with Crippen molar-refractivity contribution >= 4 is 5.91 Å². The van der Waals surface area contributed by atoms with E-state index in [-0.39, 0.29) is 23.4 Å². The first-order valence-electron chi connectivity index (χ1n) is 9.45. The zero-order chi connectivity index (χ0) is 21.0. The summed E-state index contributed by atoms with van der Waals surface area (Å²) in [6.07, 6.45) is 2.01. The summed E-state index contributed by atoms with van der Waals surface area (Å²) in [4.78, 5) is 14.4. The van der Waals surface area contributed by atoms with E-state index in [4.69, 9.17) is 18.9 Å². The van der Waals surface area contributed by atoms with Crippen molar-refractivity contribution in [2.24, 2.45) is 0 Å². The summed E-state index contributed by atoms with van der Waals surface area (Å²) in [7, 11) is 6.20. The van der Waals surface area contributed by atoms with Gasteiger partial charge in [0.15, 0.2) is 23.0 Å². The third-order valence-electron chi connectivity index (χ3n) is 5.24. The van der Waals surface area contributed by atoms with Crippen LogP contribution in [0, 0.1) is 0 Å². The molecule has 156 valence electrons. The van der Waals surface area contributed by atoms with Crippen LogP contribution in [0.25, 0.3) is 0 Å². The lowest BCUT2D eigenvalue weighted by atomic mass is 10.0. The second kappa shape index (κ2) is 8.94. The van der Waals surface area contributed by atoms with Gasteiger partial charge in [0.25, 0.3) is 0 Å². The smallest absolute Gasteiger partial charge is 0.223 e. The van der Waals surface area contributed by atoms with Gasteiger partial charge in [0, 0.05) is 19.0 Å². The van der Waals surface area contributed by atoms with E-state index in [9.17, 15) is 9.90 Å². The largest absolute Gasteiger partial charge is 0.504 e. The maximum atomic E-state index is 12.5. The van der Waals surface area contributed by atoms with Gasteiger partial charge in [-0.15, -0.1) is 0 Å². The Morgan fingerprint density at radius 1 is 0.931 bits per heavy atom. The molecule has 1 fully saturated rings. The van der Waals surface area contributed by atoms with Crippen LogP contribution in [0.5, 0.6) is 28.7 Å². The fourth-order valence-corrected chi connectivity index (χ4v) is 3.79. The van der Waals surface area contributed by atoms with Gasteiger partial charge in [-0.3, -0.25) is 4.79 Å². The molecule has 1 aliphatic heterocycles. The maximum Gasteiger partial charge on any atom is 0.223 e. The molecule has 1 amide bonds. The fraction of sp³-hybridized carbons (Fsp3) is 0.409. The Kier molecular flexibility index (Phi) is 6.36. The number of phenols is 1. The summed E-state index contributed by atoms with van der Waals surface area (Å²) >= 11 is 0. The van der Waals surface area contributed by atoms with Crippen molar-refractivity contribution in [2.45, 2.75) is 31.8 Å². The van der Waals surface area contributed by atoms with Crippen molar-refractivity contribution in [3.63, 3.8) is 0 Å².